The molecule has 3 nitrogen and oxygen atoms in total. The second-order valence-corrected chi connectivity index (χ2v) is 7.56. The van der Waals surface area contributed by atoms with Gasteiger partial charge in [-0.1, -0.05) is 90.4 Å². The third kappa shape index (κ3) is 16.3. The summed E-state index contributed by atoms with van der Waals surface area (Å²) in [5.41, 5.74) is 0. The number of hydrogen-bond donors (Lipinski definition) is 1. The molecule has 0 spiro atoms. The minimum absolute atomic E-state index is 0. The molecule has 1 unspecified atom stereocenters. The van der Waals surface area contributed by atoms with Gasteiger partial charge < -0.3 is 27.9 Å². The number of nitrogens with zero attached hydrogens (tertiary/aromatic N) is 1. The van der Waals surface area contributed by atoms with Gasteiger partial charge in [-0.3, -0.25) is 4.90 Å². The Hall–Kier alpha value is 0.360. The normalized spacial score (nSPS) is 17.8. The van der Waals surface area contributed by atoms with Crippen molar-refractivity contribution in [2.45, 2.75) is 110 Å². The largest absolute Gasteiger partial charge is 1.00 e. The minimum atomic E-state index is 0. The molecular formula is C21H47BrN2O. The van der Waals surface area contributed by atoms with E-state index >= 15 is 0 Å². The lowest BCUT2D eigenvalue weighted by Gasteiger charge is -2.33. The van der Waals surface area contributed by atoms with E-state index in [2.05, 4.69) is 18.7 Å². The van der Waals surface area contributed by atoms with Crippen molar-refractivity contribution >= 4 is 0 Å². The summed E-state index contributed by atoms with van der Waals surface area (Å²) in [4.78, 5) is 2.60. The Morgan fingerprint density at radius 2 is 1.20 bits per heavy atom. The molecule has 1 fully saturated rings. The SMILES string of the molecule is CCCCCCCCCCCCCCCCN1CCOCC1C.[Br-].[NH4+]. The molecule has 0 bridgehead atoms. The van der Waals surface area contributed by atoms with Crippen LogP contribution in [0.3, 0.4) is 0 Å². The lowest BCUT2D eigenvalue weighted by atomic mass is 10.0. The van der Waals surface area contributed by atoms with E-state index in [-0.39, 0.29) is 23.1 Å². The van der Waals surface area contributed by atoms with Gasteiger partial charge in [-0.15, -0.1) is 0 Å². The number of quaternary nitrogens is 1. The Balaban J connectivity index is 0. The van der Waals surface area contributed by atoms with Crippen LogP contribution in [-0.2, 0) is 4.74 Å². The van der Waals surface area contributed by atoms with Crippen LogP contribution >= 0.6 is 0 Å². The van der Waals surface area contributed by atoms with Crippen molar-refractivity contribution < 1.29 is 21.7 Å². The maximum absolute atomic E-state index is 5.49. The summed E-state index contributed by atoms with van der Waals surface area (Å²) in [7, 11) is 0. The molecule has 1 aliphatic heterocycles. The first-order valence-electron chi connectivity index (χ1n) is 10.7. The van der Waals surface area contributed by atoms with Crippen LogP contribution in [0.4, 0.5) is 0 Å². The highest BCUT2D eigenvalue weighted by atomic mass is 79.9. The molecule has 4 N–H and O–H groups in total. The molecular weight excluding hydrogens is 376 g/mol. The summed E-state index contributed by atoms with van der Waals surface area (Å²) >= 11 is 0. The smallest absolute Gasteiger partial charge is 0.0619 e. The summed E-state index contributed by atoms with van der Waals surface area (Å²) in [5.74, 6) is 0. The van der Waals surface area contributed by atoms with Crippen molar-refractivity contribution in [2.24, 2.45) is 0 Å². The number of rotatable bonds is 15. The molecule has 1 saturated heterocycles. The second-order valence-electron chi connectivity index (χ2n) is 7.56. The van der Waals surface area contributed by atoms with Crippen LogP contribution in [-0.4, -0.2) is 37.2 Å². The standard InChI is InChI=1S/C21H43NO.BrH.H3N/c1-3-4-5-6-7-8-9-10-11-12-13-14-15-16-17-22-18-19-23-20-21(22)2;;/h21H,3-20H2,1-2H3;1H;1H3. The third-order valence-corrected chi connectivity index (χ3v) is 5.30. The fourth-order valence-electron chi connectivity index (χ4n) is 3.60. The number of hydrogen-bond acceptors (Lipinski definition) is 2. The average Bonchev–Trinajstić information content (AvgIpc) is 2.57. The van der Waals surface area contributed by atoms with Crippen LogP contribution in [0, 0.1) is 0 Å². The van der Waals surface area contributed by atoms with Crippen molar-refractivity contribution in [3.63, 3.8) is 0 Å². The van der Waals surface area contributed by atoms with Crippen LogP contribution in [0.1, 0.15) is 104 Å². The van der Waals surface area contributed by atoms with Gasteiger partial charge in [-0.2, -0.15) is 0 Å². The second kappa shape index (κ2) is 20.7. The topological polar surface area (TPSA) is 49.0 Å². The van der Waals surface area contributed by atoms with E-state index in [0.29, 0.717) is 6.04 Å². The molecule has 1 heterocycles. The van der Waals surface area contributed by atoms with Gasteiger partial charge in [0, 0.05) is 12.6 Å². The average molecular weight is 424 g/mol. The van der Waals surface area contributed by atoms with Crippen molar-refractivity contribution in [1.82, 2.24) is 11.1 Å². The molecule has 4 heteroatoms. The highest BCUT2D eigenvalue weighted by Gasteiger charge is 2.17. The van der Waals surface area contributed by atoms with E-state index in [9.17, 15) is 0 Å². The van der Waals surface area contributed by atoms with Gasteiger partial charge in [-0.25, -0.2) is 0 Å². The first-order valence-corrected chi connectivity index (χ1v) is 10.7. The van der Waals surface area contributed by atoms with Crippen molar-refractivity contribution in [3.8, 4) is 0 Å². The Bertz CT molecular complexity index is 254. The molecule has 0 saturated carbocycles. The maximum Gasteiger partial charge on any atom is 0.0619 e. The predicted molar refractivity (Wildman–Crippen MR) is 108 cm³/mol. The van der Waals surface area contributed by atoms with Gasteiger partial charge in [0.15, 0.2) is 0 Å². The van der Waals surface area contributed by atoms with Gasteiger partial charge in [-0.05, 0) is 19.9 Å². The molecule has 0 radical (unpaired) electrons. The zero-order valence-corrected chi connectivity index (χ0v) is 19.1. The van der Waals surface area contributed by atoms with Gasteiger partial charge in [0.1, 0.15) is 0 Å². The van der Waals surface area contributed by atoms with E-state index in [1.54, 1.807) is 0 Å². The van der Waals surface area contributed by atoms with Crippen LogP contribution in [0.2, 0.25) is 0 Å². The number of ether oxygens (including phenoxy) is 1. The van der Waals surface area contributed by atoms with Crippen molar-refractivity contribution in [3.05, 3.63) is 0 Å². The first kappa shape index (κ1) is 27.6. The maximum atomic E-state index is 5.49. The zero-order chi connectivity index (χ0) is 16.6. The van der Waals surface area contributed by atoms with Crippen LogP contribution in [0.5, 0.6) is 0 Å². The Morgan fingerprint density at radius 1 is 0.760 bits per heavy atom. The monoisotopic (exact) mass is 422 g/mol. The number of morpholine rings is 1. The van der Waals surface area contributed by atoms with Crippen LogP contribution in [0.15, 0.2) is 0 Å². The van der Waals surface area contributed by atoms with Crippen molar-refractivity contribution in [2.75, 3.05) is 26.3 Å². The predicted octanol–water partition coefficient (Wildman–Crippen LogP) is 3.57. The van der Waals surface area contributed by atoms with E-state index in [0.717, 1.165) is 19.8 Å². The van der Waals surface area contributed by atoms with Gasteiger partial charge in [0.05, 0.1) is 13.2 Å². The van der Waals surface area contributed by atoms with E-state index in [1.165, 1.54) is 96.4 Å². The van der Waals surface area contributed by atoms with E-state index < -0.39 is 0 Å². The Morgan fingerprint density at radius 3 is 1.64 bits per heavy atom. The molecule has 0 aliphatic carbocycles. The van der Waals surface area contributed by atoms with Crippen LogP contribution in [0.25, 0.3) is 0 Å². The fraction of sp³-hybridized carbons (Fsp3) is 1.00. The highest BCUT2D eigenvalue weighted by molar-refractivity contribution is 4.70. The summed E-state index contributed by atoms with van der Waals surface area (Å²) in [6, 6.07) is 0.630. The van der Waals surface area contributed by atoms with Crippen molar-refractivity contribution in [1.29, 1.82) is 0 Å². The summed E-state index contributed by atoms with van der Waals surface area (Å²) in [5, 5.41) is 0. The quantitative estimate of drug-likeness (QED) is 0.410. The Kier molecular flexibility index (Phi) is 22.8. The molecule has 0 aromatic carbocycles. The number of unbranched alkanes of at least 4 members (excludes halogenated alkanes) is 13. The molecule has 1 aliphatic rings. The fourth-order valence-corrected chi connectivity index (χ4v) is 3.60. The molecule has 154 valence electrons. The first-order chi connectivity index (χ1) is 11.3. The molecule has 0 aromatic rings. The van der Waals surface area contributed by atoms with Crippen LogP contribution < -0.4 is 23.1 Å². The minimum Gasteiger partial charge on any atom is -1.00 e. The lowest BCUT2D eigenvalue weighted by molar-refractivity contribution is -0.000933. The molecule has 0 amide bonds. The van der Waals surface area contributed by atoms with Gasteiger partial charge in [0.2, 0.25) is 0 Å². The molecule has 0 aromatic heterocycles. The molecule has 1 rings (SSSR count). The van der Waals surface area contributed by atoms with E-state index in [4.69, 9.17) is 4.74 Å². The van der Waals surface area contributed by atoms with Gasteiger partial charge in [0.25, 0.3) is 0 Å². The molecule has 25 heavy (non-hydrogen) atoms. The summed E-state index contributed by atoms with van der Waals surface area (Å²) in [6.07, 6.45) is 20.2. The third-order valence-electron chi connectivity index (χ3n) is 5.30. The van der Waals surface area contributed by atoms with Gasteiger partial charge >= 0.3 is 0 Å². The lowest BCUT2D eigenvalue weighted by Crippen LogP contribution is -3.00. The Labute approximate surface area is 169 Å². The van der Waals surface area contributed by atoms with E-state index in [1.807, 2.05) is 0 Å². The summed E-state index contributed by atoms with van der Waals surface area (Å²) < 4.78 is 5.49. The molecule has 1 atom stereocenters. The zero-order valence-electron chi connectivity index (χ0n) is 17.5. The number of halogens is 1. The highest BCUT2D eigenvalue weighted by Crippen LogP contribution is 2.14. The summed E-state index contributed by atoms with van der Waals surface area (Å²) in [6.45, 7) is 8.87.